The van der Waals surface area contributed by atoms with Gasteiger partial charge in [-0.3, -0.25) is 19.7 Å². The van der Waals surface area contributed by atoms with E-state index in [-0.39, 0.29) is 22.5 Å². The zero-order valence-corrected chi connectivity index (χ0v) is 20.5. The number of anilines is 2. The van der Waals surface area contributed by atoms with E-state index >= 15 is 0 Å². The minimum absolute atomic E-state index is 0.143. The van der Waals surface area contributed by atoms with Crippen molar-refractivity contribution < 1.29 is 14.4 Å². The van der Waals surface area contributed by atoms with Crippen LogP contribution in [-0.2, 0) is 15.0 Å². The fourth-order valence-corrected chi connectivity index (χ4v) is 5.28. The number of carbonyl (C=O) groups is 3. The van der Waals surface area contributed by atoms with Gasteiger partial charge in [-0.1, -0.05) is 26.0 Å². The van der Waals surface area contributed by atoms with Crippen LogP contribution in [0, 0.1) is 6.92 Å². The predicted octanol–water partition coefficient (Wildman–Crippen LogP) is 5.45. The Balaban J connectivity index is 1.88. The lowest BCUT2D eigenvalue weighted by Gasteiger charge is -2.39. The van der Waals surface area contributed by atoms with E-state index in [1.165, 1.54) is 5.56 Å². The van der Waals surface area contributed by atoms with E-state index in [0.29, 0.717) is 17.9 Å². The molecule has 0 unspecified atom stereocenters. The van der Waals surface area contributed by atoms with Crippen molar-refractivity contribution in [1.29, 1.82) is 0 Å². The Bertz CT molecular complexity index is 1200. The number of aryl methyl sites for hydroxylation is 1. The van der Waals surface area contributed by atoms with Crippen LogP contribution < -0.4 is 15.5 Å². The van der Waals surface area contributed by atoms with Gasteiger partial charge in [0.05, 0.1) is 4.91 Å². The third kappa shape index (κ3) is 4.29. The Morgan fingerprint density at radius 2 is 1.88 bits per heavy atom. The summed E-state index contributed by atoms with van der Waals surface area (Å²) in [4.78, 5) is 38.7. The van der Waals surface area contributed by atoms with E-state index in [1.54, 1.807) is 6.08 Å². The average Bonchev–Trinajstić information content (AvgIpc) is 3.06. The standard InChI is InChI=1S/C26H29N3O3S/c1-6-27-20-9-8-16(12-22-24(31)28-25(32)33-22)11-18(20)17-13-21-19(10-15(17)3)26(4,5)14-23(30)29(21)7-2/h8-13,27H,6-7,14H2,1-5H3,(H,28,31,32). The second kappa shape index (κ2) is 8.71. The van der Waals surface area contributed by atoms with Crippen LogP contribution in [0.4, 0.5) is 16.2 Å². The van der Waals surface area contributed by atoms with Gasteiger partial charge >= 0.3 is 0 Å². The molecule has 0 saturated carbocycles. The second-order valence-corrected chi connectivity index (χ2v) is 10.1. The molecule has 0 aliphatic carbocycles. The summed E-state index contributed by atoms with van der Waals surface area (Å²) < 4.78 is 0. The number of amides is 3. The third-order valence-electron chi connectivity index (χ3n) is 6.21. The van der Waals surface area contributed by atoms with Crippen molar-refractivity contribution in [2.24, 2.45) is 0 Å². The maximum absolute atomic E-state index is 12.8. The first-order chi connectivity index (χ1) is 15.6. The van der Waals surface area contributed by atoms with Crippen molar-refractivity contribution in [2.75, 3.05) is 23.3 Å². The number of nitrogens with one attached hydrogen (secondary N) is 2. The topological polar surface area (TPSA) is 78.5 Å². The molecule has 2 aromatic rings. The fraction of sp³-hybridized carbons (Fsp3) is 0.346. The highest BCUT2D eigenvalue weighted by atomic mass is 32.2. The van der Waals surface area contributed by atoms with Gasteiger partial charge < -0.3 is 10.2 Å². The Labute approximate surface area is 198 Å². The molecule has 6 nitrogen and oxygen atoms in total. The summed E-state index contributed by atoms with van der Waals surface area (Å²) in [7, 11) is 0. The van der Waals surface area contributed by atoms with Crippen molar-refractivity contribution in [3.63, 3.8) is 0 Å². The number of rotatable bonds is 5. The highest BCUT2D eigenvalue weighted by Gasteiger charge is 2.36. The zero-order chi connectivity index (χ0) is 23.9. The Hall–Kier alpha value is -3.06. The van der Waals surface area contributed by atoms with Gasteiger partial charge in [0.2, 0.25) is 5.91 Å². The molecule has 2 aliphatic heterocycles. The molecule has 0 aromatic heterocycles. The lowest BCUT2D eigenvalue weighted by atomic mass is 9.75. The molecule has 0 radical (unpaired) electrons. The minimum Gasteiger partial charge on any atom is -0.385 e. The van der Waals surface area contributed by atoms with Gasteiger partial charge in [-0.25, -0.2) is 0 Å². The molecule has 2 aromatic carbocycles. The fourth-order valence-electron chi connectivity index (χ4n) is 4.59. The number of carbonyl (C=O) groups excluding carboxylic acids is 3. The monoisotopic (exact) mass is 463 g/mol. The molecule has 0 bridgehead atoms. The first-order valence-corrected chi connectivity index (χ1v) is 12.0. The Morgan fingerprint density at radius 3 is 2.52 bits per heavy atom. The summed E-state index contributed by atoms with van der Waals surface area (Å²) in [5, 5.41) is 5.37. The van der Waals surface area contributed by atoms with Gasteiger partial charge in [-0.2, -0.15) is 0 Å². The molecular weight excluding hydrogens is 434 g/mol. The molecule has 1 saturated heterocycles. The van der Waals surface area contributed by atoms with E-state index < -0.39 is 0 Å². The minimum atomic E-state index is -0.369. The van der Waals surface area contributed by atoms with E-state index in [4.69, 9.17) is 0 Å². The van der Waals surface area contributed by atoms with Crippen molar-refractivity contribution in [2.45, 2.75) is 46.5 Å². The molecule has 2 N–H and O–H groups in total. The second-order valence-electron chi connectivity index (χ2n) is 9.07. The number of imide groups is 1. The normalized spacial score (nSPS) is 18.5. The molecule has 33 heavy (non-hydrogen) atoms. The molecule has 0 spiro atoms. The van der Waals surface area contributed by atoms with Crippen LogP contribution >= 0.6 is 11.8 Å². The van der Waals surface area contributed by atoms with E-state index in [0.717, 1.165) is 51.9 Å². The number of nitrogens with zero attached hydrogens (tertiary/aromatic N) is 1. The molecule has 2 aliphatic rings. The van der Waals surface area contributed by atoms with Crippen LogP contribution in [0.2, 0.25) is 0 Å². The first kappa shape index (κ1) is 23.1. The highest BCUT2D eigenvalue weighted by molar-refractivity contribution is 8.18. The van der Waals surface area contributed by atoms with Gasteiger partial charge in [0, 0.05) is 41.9 Å². The number of hydrogen-bond acceptors (Lipinski definition) is 5. The lowest BCUT2D eigenvalue weighted by Crippen LogP contribution is -2.41. The van der Waals surface area contributed by atoms with Gasteiger partial charge in [0.15, 0.2) is 0 Å². The molecule has 3 amide bonds. The van der Waals surface area contributed by atoms with Crippen molar-refractivity contribution in [3.05, 3.63) is 51.9 Å². The van der Waals surface area contributed by atoms with Crippen LogP contribution in [0.1, 0.15) is 50.8 Å². The van der Waals surface area contributed by atoms with Gasteiger partial charge in [0.1, 0.15) is 0 Å². The Kier molecular flexibility index (Phi) is 6.10. The van der Waals surface area contributed by atoms with Crippen molar-refractivity contribution >= 4 is 46.3 Å². The summed E-state index contributed by atoms with van der Waals surface area (Å²) in [5.74, 6) is -0.226. The van der Waals surface area contributed by atoms with Crippen molar-refractivity contribution in [1.82, 2.24) is 5.32 Å². The maximum atomic E-state index is 12.8. The van der Waals surface area contributed by atoms with Crippen LogP contribution in [0.5, 0.6) is 0 Å². The highest BCUT2D eigenvalue weighted by Crippen LogP contribution is 2.44. The van der Waals surface area contributed by atoms with Crippen molar-refractivity contribution in [3.8, 4) is 11.1 Å². The third-order valence-corrected chi connectivity index (χ3v) is 7.02. The van der Waals surface area contributed by atoms with Gasteiger partial charge in [0.25, 0.3) is 11.1 Å². The Morgan fingerprint density at radius 1 is 1.12 bits per heavy atom. The molecule has 1 fully saturated rings. The SMILES string of the molecule is CCNc1ccc(C=C2SC(=O)NC2=O)cc1-c1cc2c(cc1C)C(C)(C)CC(=O)N2CC. The largest absolute Gasteiger partial charge is 0.385 e. The number of hydrogen-bond donors (Lipinski definition) is 2. The number of benzene rings is 2. The molecule has 0 atom stereocenters. The lowest BCUT2D eigenvalue weighted by molar-refractivity contribution is -0.120. The maximum Gasteiger partial charge on any atom is 0.290 e. The van der Waals surface area contributed by atoms with Crippen LogP contribution in [0.3, 0.4) is 0 Å². The van der Waals surface area contributed by atoms with Gasteiger partial charge in [-0.05, 0) is 79.1 Å². The molecule has 7 heteroatoms. The molecular formula is C26H29N3O3S. The number of fused-ring (bicyclic) bond motifs is 1. The summed E-state index contributed by atoms with van der Waals surface area (Å²) in [5.41, 5.74) is 6.89. The van der Waals surface area contributed by atoms with E-state index in [2.05, 4.69) is 43.5 Å². The summed E-state index contributed by atoms with van der Waals surface area (Å²) in [6.07, 6.45) is 2.24. The summed E-state index contributed by atoms with van der Waals surface area (Å²) in [6, 6.07) is 10.3. The zero-order valence-electron chi connectivity index (χ0n) is 19.7. The van der Waals surface area contributed by atoms with Gasteiger partial charge in [-0.15, -0.1) is 0 Å². The van der Waals surface area contributed by atoms with Crippen LogP contribution in [0.25, 0.3) is 17.2 Å². The van der Waals surface area contributed by atoms with E-state index in [1.807, 2.05) is 36.9 Å². The quantitative estimate of drug-likeness (QED) is 0.577. The average molecular weight is 464 g/mol. The van der Waals surface area contributed by atoms with E-state index in [9.17, 15) is 14.4 Å². The van der Waals surface area contributed by atoms with Crippen LogP contribution in [-0.4, -0.2) is 30.1 Å². The molecule has 172 valence electrons. The smallest absolute Gasteiger partial charge is 0.290 e. The van der Waals surface area contributed by atoms with Crippen LogP contribution in [0.15, 0.2) is 35.2 Å². The predicted molar refractivity (Wildman–Crippen MR) is 136 cm³/mol. The summed E-state index contributed by atoms with van der Waals surface area (Å²) in [6.45, 7) is 11.8. The molecule has 2 heterocycles. The molecule has 4 rings (SSSR count). The first-order valence-electron chi connectivity index (χ1n) is 11.2. The number of thioether (sulfide) groups is 1. The summed E-state index contributed by atoms with van der Waals surface area (Å²) >= 11 is 0.911.